The minimum Gasteiger partial charge on any atom is -0.385 e. The molecule has 0 saturated heterocycles. The van der Waals surface area contributed by atoms with Crippen LogP contribution < -0.4 is 0 Å². The van der Waals surface area contributed by atoms with Gasteiger partial charge in [-0.15, -0.1) is 10.2 Å². The maximum Gasteiger partial charge on any atom is 0.416 e. The van der Waals surface area contributed by atoms with Gasteiger partial charge in [0, 0.05) is 5.75 Å². The molecular weight excluding hydrogens is 321 g/mol. The van der Waals surface area contributed by atoms with Crippen molar-refractivity contribution in [2.45, 2.75) is 30.0 Å². The second-order valence-corrected chi connectivity index (χ2v) is 7.13. The highest BCUT2D eigenvalue weighted by Gasteiger charge is 2.33. The van der Waals surface area contributed by atoms with Gasteiger partial charge in [-0.2, -0.15) is 13.2 Å². The zero-order chi connectivity index (χ0) is 15.7. The molecule has 2 aromatic rings. The Balaban J connectivity index is 2.15. The van der Waals surface area contributed by atoms with E-state index in [1.165, 1.54) is 42.2 Å². The molecule has 0 aliphatic carbocycles. The third kappa shape index (κ3) is 4.18. The standard InChI is InChI=1S/C13H13F3N2OS2/c1-8-17-18-11(21-8)20-7-12(2,19)9-4-3-5-10(6-9)13(14,15)16/h3-6,19H,7H2,1-2H3. The molecule has 1 atom stereocenters. The van der Waals surface area contributed by atoms with Crippen molar-refractivity contribution in [1.29, 1.82) is 0 Å². The zero-order valence-corrected chi connectivity index (χ0v) is 12.9. The molecule has 1 aromatic heterocycles. The highest BCUT2D eigenvalue weighted by Crippen LogP contribution is 2.34. The van der Waals surface area contributed by atoms with Crippen LogP contribution in [0.1, 0.15) is 23.1 Å². The van der Waals surface area contributed by atoms with Gasteiger partial charge in [0.15, 0.2) is 4.34 Å². The Hall–Kier alpha value is -1.12. The van der Waals surface area contributed by atoms with E-state index >= 15 is 0 Å². The number of hydrogen-bond acceptors (Lipinski definition) is 5. The highest BCUT2D eigenvalue weighted by molar-refractivity contribution is 8.01. The lowest BCUT2D eigenvalue weighted by Crippen LogP contribution is -2.25. The molecule has 2 rings (SSSR count). The van der Waals surface area contributed by atoms with E-state index in [1.54, 1.807) is 0 Å². The quantitative estimate of drug-likeness (QED) is 0.862. The Labute approximate surface area is 128 Å². The summed E-state index contributed by atoms with van der Waals surface area (Å²) in [6.45, 7) is 3.30. The van der Waals surface area contributed by atoms with Crippen LogP contribution in [0.3, 0.4) is 0 Å². The van der Waals surface area contributed by atoms with Crippen molar-refractivity contribution < 1.29 is 18.3 Å². The lowest BCUT2D eigenvalue weighted by Gasteiger charge is -2.23. The molecule has 1 unspecified atom stereocenters. The van der Waals surface area contributed by atoms with Crippen molar-refractivity contribution in [2.75, 3.05) is 5.75 Å². The van der Waals surface area contributed by atoms with E-state index in [0.717, 1.165) is 17.1 Å². The predicted molar refractivity (Wildman–Crippen MR) is 76.4 cm³/mol. The number of nitrogens with zero attached hydrogens (tertiary/aromatic N) is 2. The van der Waals surface area contributed by atoms with Crippen LogP contribution in [-0.4, -0.2) is 21.1 Å². The van der Waals surface area contributed by atoms with E-state index in [0.29, 0.717) is 4.34 Å². The van der Waals surface area contributed by atoms with Crippen LogP contribution in [0.5, 0.6) is 0 Å². The number of aryl methyl sites for hydroxylation is 1. The summed E-state index contributed by atoms with van der Waals surface area (Å²) in [6, 6.07) is 4.75. The summed E-state index contributed by atoms with van der Waals surface area (Å²) >= 11 is 2.65. The summed E-state index contributed by atoms with van der Waals surface area (Å²) in [4.78, 5) is 0. The second kappa shape index (κ2) is 5.94. The molecule has 0 amide bonds. The Bertz CT molecular complexity index is 626. The van der Waals surface area contributed by atoms with Crippen molar-refractivity contribution in [1.82, 2.24) is 10.2 Å². The maximum atomic E-state index is 12.7. The smallest absolute Gasteiger partial charge is 0.385 e. The van der Waals surface area contributed by atoms with Crippen molar-refractivity contribution >= 4 is 23.1 Å². The van der Waals surface area contributed by atoms with Gasteiger partial charge in [-0.3, -0.25) is 0 Å². The molecule has 21 heavy (non-hydrogen) atoms. The van der Waals surface area contributed by atoms with E-state index in [-0.39, 0.29) is 11.3 Å². The molecule has 0 bridgehead atoms. The number of halogens is 3. The van der Waals surface area contributed by atoms with Gasteiger partial charge in [0.25, 0.3) is 0 Å². The summed E-state index contributed by atoms with van der Waals surface area (Å²) in [5, 5.41) is 19.0. The van der Waals surface area contributed by atoms with Crippen molar-refractivity contribution in [2.24, 2.45) is 0 Å². The van der Waals surface area contributed by atoms with Gasteiger partial charge in [0.1, 0.15) is 5.01 Å². The summed E-state index contributed by atoms with van der Waals surface area (Å²) in [7, 11) is 0. The summed E-state index contributed by atoms with van der Waals surface area (Å²) in [5.41, 5.74) is -1.92. The van der Waals surface area contributed by atoms with Gasteiger partial charge in [-0.05, 0) is 31.5 Å². The fraction of sp³-hybridized carbons (Fsp3) is 0.385. The molecule has 1 heterocycles. The topological polar surface area (TPSA) is 46.0 Å². The molecule has 0 saturated carbocycles. The molecule has 0 aliphatic rings. The van der Waals surface area contributed by atoms with E-state index in [4.69, 9.17) is 0 Å². The first kappa shape index (κ1) is 16.3. The van der Waals surface area contributed by atoms with Crippen LogP contribution in [0.25, 0.3) is 0 Å². The minimum atomic E-state index is -4.42. The van der Waals surface area contributed by atoms with Crippen LogP contribution in [-0.2, 0) is 11.8 Å². The Kier molecular flexibility index (Phi) is 4.60. The molecule has 0 aliphatic heterocycles. The molecule has 0 spiro atoms. The van der Waals surface area contributed by atoms with Gasteiger partial charge >= 0.3 is 6.18 Å². The van der Waals surface area contributed by atoms with Gasteiger partial charge in [-0.1, -0.05) is 35.2 Å². The Morgan fingerprint density at radius 2 is 1.90 bits per heavy atom. The van der Waals surface area contributed by atoms with Crippen LogP contribution >= 0.6 is 23.1 Å². The molecule has 0 fully saturated rings. The van der Waals surface area contributed by atoms with Gasteiger partial charge in [-0.25, -0.2) is 0 Å². The lowest BCUT2D eigenvalue weighted by molar-refractivity contribution is -0.137. The van der Waals surface area contributed by atoms with Crippen molar-refractivity contribution in [3.63, 3.8) is 0 Å². The molecule has 3 nitrogen and oxygen atoms in total. The van der Waals surface area contributed by atoms with E-state index in [2.05, 4.69) is 10.2 Å². The highest BCUT2D eigenvalue weighted by atomic mass is 32.2. The summed E-state index contributed by atoms with van der Waals surface area (Å²) in [6.07, 6.45) is -4.42. The third-order valence-corrected chi connectivity index (χ3v) is 5.07. The van der Waals surface area contributed by atoms with Crippen LogP contribution in [0.15, 0.2) is 28.6 Å². The third-order valence-electron chi connectivity index (χ3n) is 2.80. The molecule has 1 aromatic carbocycles. The largest absolute Gasteiger partial charge is 0.416 e. The number of aliphatic hydroxyl groups is 1. The Morgan fingerprint density at radius 1 is 1.24 bits per heavy atom. The number of alkyl halides is 3. The molecule has 1 N–H and O–H groups in total. The van der Waals surface area contributed by atoms with E-state index in [1.807, 2.05) is 6.92 Å². The van der Waals surface area contributed by atoms with Gasteiger partial charge in [0.2, 0.25) is 0 Å². The second-order valence-electron chi connectivity index (χ2n) is 4.73. The zero-order valence-electron chi connectivity index (χ0n) is 11.3. The van der Waals surface area contributed by atoms with Crippen LogP contribution in [0, 0.1) is 6.92 Å². The Morgan fingerprint density at radius 3 is 2.48 bits per heavy atom. The lowest BCUT2D eigenvalue weighted by atomic mass is 9.96. The van der Waals surface area contributed by atoms with Gasteiger partial charge in [0.05, 0.1) is 11.2 Å². The number of hydrogen-bond donors (Lipinski definition) is 1. The van der Waals surface area contributed by atoms with Crippen molar-refractivity contribution in [3.8, 4) is 0 Å². The first-order valence-electron chi connectivity index (χ1n) is 6.01. The van der Waals surface area contributed by atoms with Gasteiger partial charge < -0.3 is 5.11 Å². The number of aromatic nitrogens is 2. The first-order chi connectivity index (χ1) is 9.68. The van der Waals surface area contributed by atoms with Crippen LogP contribution in [0.4, 0.5) is 13.2 Å². The molecule has 8 heteroatoms. The fourth-order valence-corrected chi connectivity index (χ4v) is 3.51. The molecule has 0 radical (unpaired) electrons. The summed E-state index contributed by atoms with van der Waals surface area (Å²) in [5.74, 6) is 0.197. The normalized spacial score (nSPS) is 15.0. The maximum absolute atomic E-state index is 12.7. The molecule has 114 valence electrons. The molecular formula is C13H13F3N2OS2. The van der Waals surface area contributed by atoms with E-state index < -0.39 is 17.3 Å². The van der Waals surface area contributed by atoms with Crippen molar-refractivity contribution in [3.05, 3.63) is 40.4 Å². The SMILES string of the molecule is Cc1nnc(SCC(C)(O)c2cccc(C(F)(F)F)c2)s1. The monoisotopic (exact) mass is 334 g/mol. The minimum absolute atomic E-state index is 0.197. The fourth-order valence-electron chi connectivity index (χ4n) is 1.65. The van der Waals surface area contributed by atoms with E-state index in [9.17, 15) is 18.3 Å². The summed E-state index contributed by atoms with van der Waals surface area (Å²) < 4.78 is 38.8. The van der Waals surface area contributed by atoms with Crippen LogP contribution in [0.2, 0.25) is 0 Å². The number of rotatable bonds is 4. The number of thioether (sulfide) groups is 1. The predicted octanol–water partition coefficient (Wildman–Crippen LogP) is 3.87. The average molecular weight is 334 g/mol. The number of benzene rings is 1. The first-order valence-corrected chi connectivity index (χ1v) is 7.82. The average Bonchev–Trinajstić information content (AvgIpc) is 2.82.